The lowest BCUT2D eigenvalue weighted by molar-refractivity contribution is -0.119. The summed E-state index contributed by atoms with van der Waals surface area (Å²) in [6.07, 6.45) is 0.627. The molecule has 0 unspecified atom stereocenters. The highest BCUT2D eigenvalue weighted by molar-refractivity contribution is 7.13. The molecule has 10 heteroatoms. The molecule has 0 fully saturated rings. The van der Waals surface area contributed by atoms with E-state index in [1.807, 2.05) is 6.07 Å². The van der Waals surface area contributed by atoms with Crippen molar-refractivity contribution in [3.8, 4) is 0 Å². The van der Waals surface area contributed by atoms with E-state index in [4.69, 9.17) is 0 Å². The average Bonchev–Trinajstić information content (AvgIpc) is 3.04. The van der Waals surface area contributed by atoms with Crippen LogP contribution in [0, 0.1) is 11.7 Å². The number of fused-ring (bicyclic) bond motifs is 1. The van der Waals surface area contributed by atoms with Crippen LogP contribution in [0.5, 0.6) is 0 Å². The summed E-state index contributed by atoms with van der Waals surface area (Å²) in [7, 11) is 0. The van der Waals surface area contributed by atoms with Crippen molar-refractivity contribution in [1.29, 1.82) is 0 Å². The maximum absolute atomic E-state index is 14.6. The van der Waals surface area contributed by atoms with Crippen molar-refractivity contribution >= 4 is 58.8 Å². The summed E-state index contributed by atoms with van der Waals surface area (Å²) in [6, 6.07) is 3.43. The Morgan fingerprint density at radius 2 is 2.04 bits per heavy atom. The Balaban J connectivity index is 0.00000196. The summed E-state index contributed by atoms with van der Waals surface area (Å²) in [6.45, 7) is 4.95. The molecule has 1 aromatic heterocycles. The fraction of sp³-hybridized carbons (Fsp3) is 0.389. The Morgan fingerprint density at radius 1 is 1.29 bits per heavy atom. The fourth-order valence-electron chi connectivity index (χ4n) is 2.68. The standard InChI is InChI=1S/C18H21FN4O2S.2ClH/c1-10(2)17(25)23-18-21-12(9-26-18)7-15(24)22-14-4-3-11-8-20-6-5-13(11)16(14)19;;/h3-4,9-10,20H,5-8H2,1-2H3,(H,22,24)(H,21,23,25);2*1H. The van der Waals surface area contributed by atoms with Gasteiger partial charge in [0.1, 0.15) is 5.82 Å². The number of anilines is 2. The summed E-state index contributed by atoms with van der Waals surface area (Å²) >= 11 is 1.26. The van der Waals surface area contributed by atoms with Crippen LogP contribution in [0.4, 0.5) is 15.2 Å². The average molecular weight is 449 g/mol. The second-order valence-corrected chi connectivity index (χ2v) is 7.36. The Labute approximate surface area is 179 Å². The smallest absolute Gasteiger partial charge is 0.230 e. The van der Waals surface area contributed by atoms with Crippen molar-refractivity contribution in [1.82, 2.24) is 10.3 Å². The Kier molecular flexibility index (Phi) is 9.29. The van der Waals surface area contributed by atoms with Crippen LogP contribution in [-0.2, 0) is 29.0 Å². The van der Waals surface area contributed by atoms with E-state index in [2.05, 4.69) is 20.9 Å². The summed E-state index contributed by atoms with van der Waals surface area (Å²) in [5.41, 5.74) is 2.32. The Bertz CT molecular complexity index is 845. The number of hydrogen-bond acceptors (Lipinski definition) is 5. The molecule has 1 aliphatic rings. The topological polar surface area (TPSA) is 83.1 Å². The highest BCUT2D eigenvalue weighted by Crippen LogP contribution is 2.25. The fourth-order valence-corrected chi connectivity index (χ4v) is 3.40. The van der Waals surface area contributed by atoms with Crippen molar-refractivity contribution in [2.24, 2.45) is 5.92 Å². The number of carbonyl (C=O) groups is 2. The molecule has 0 radical (unpaired) electrons. The van der Waals surface area contributed by atoms with Gasteiger partial charge in [-0.2, -0.15) is 0 Å². The molecule has 3 N–H and O–H groups in total. The molecule has 2 heterocycles. The van der Waals surface area contributed by atoms with Crippen molar-refractivity contribution in [2.75, 3.05) is 17.2 Å². The van der Waals surface area contributed by atoms with Crippen LogP contribution in [-0.4, -0.2) is 23.3 Å². The third-order valence-electron chi connectivity index (χ3n) is 4.13. The minimum absolute atomic E-state index is 0. The predicted molar refractivity (Wildman–Crippen MR) is 114 cm³/mol. The van der Waals surface area contributed by atoms with Crippen molar-refractivity contribution < 1.29 is 14.0 Å². The number of hydrogen-bond donors (Lipinski definition) is 3. The number of benzene rings is 1. The van der Waals surface area contributed by atoms with Crippen LogP contribution >= 0.6 is 36.2 Å². The second kappa shape index (κ2) is 10.7. The zero-order valence-electron chi connectivity index (χ0n) is 15.5. The lowest BCUT2D eigenvalue weighted by Gasteiger charge is -2.19. The highest BCUT2D eigenvalue weighted by Gasteiger charge is 2.18. The molecule has 0 aliphatic carbocycles. The van der Waals surface area contributed by atoms with Crippen molar-refractivity contribution in [3.05, 3.63) is 40.2 Å². The molecule has 1 aliphatic heterocycles. The number of nitrogens with one attached hydrogen (secondary N) is 3. The first-order valence-corrected chi connectivity index (χ1v) is 9.38. The number of halogens is 3. The first-order valence-electron chi connectivity index (χ1n) is 8.50. The molecule has 28 heavy (non-hydrogen) atoms. The molecule has 154 valence electrons. The molecule has 0 bridgehead atoms. The molecule has 2 amide bonds. The van der Waals surface area contributed by atoms with Gasteiger partial charge in [0.05, 0.1) is 17.8 Å². The van der Waals surface area contributed by atoms with Gasteiger partial charge in [0.2, 0.25) is 11.8 Å². The normalized spacial score (nSPS) is 12.4. The molecule has 0 atom stereocenters. The summed E-state index contributed by atoms with van der Waals surface area (Å²) in [5.74, 6) is -0.973. The van der Waals surface area contributed by atoms with Gasteiger partial charge in [0, 0.05) is 17.8 Å². The van der Waals surface area contributed by atoms with E-state index in [-0.39, 0.29) is 60.5 Å². The van der Waals surface area contributed by atoms with Crippen molar-refractivity contribution in [2.45, 2.75) is 33.2 Å². The number of thiazole rings is 1. The largest absolute Gasteiger partial charge is 0.323 e. The van der Waals surface area contributed by atoms with Gasteiger partial charge in [0.15, 0.2) is 5.13 Å². The quantitative estimate of drug-likeness (QED) is 0.652. The van der Waals surface area contributed by atoms with Crippen LogP contribution in [0.15, 0.2) is 17.5 Å². The zero-order chi connectivity index (χ0) is 18.7. The van der Waals surface area contributed by atoms with Gasteiger partial charge in [-0.25, -0.2) is 9.37 Å². The van der Waals surface area contributed by atoms with Gasteiger partial charge in [0.25, 0.3) is 0 Å². The molecular formula is C18H23Cl2FN4O2S. The van der Waals surface area contributed by atoms with Gasteiger partial charge in [-0.3, -0.25) is 9.59 Å². The maximum Gasteiger partial charge on any atom is 0.230 e. The van der Waals surface area contributed by atoms with Gasteiger partial charge < -0.3 is 16.0 Å². The number of nitrogens with zero attached hydrogens (tertiary/aromatic N) is 1. The van der Waals surface area contributed by atoms with Crippen LogP contribution in [0.3, 0.4) is 0 Å². The van der Waals surface area contributed by atoms with Crippen LogP contribution in [0.2, 0.25) is 0 Å². The van der Waals surface area contributed by atoms with E-state index < -0.39 is 0 Å². The molecule has 6 nitrogen and oxygen atoms in total. The highest BCUT2D eigenvalue weighted by atomic mass is 35.5. The lowest BCUT2D eigenvalue weighted by Crippen LogP contribution is -2.25. The molecule has 1 aromatic carbocycles. The van der Waals surface area contributed by atoms with E-state index in [0.29, 0.717) is 29.4 Å². The molecule has 3 rings (SSSR count). The number of amides is 2. The van der Waals surface area contributed by atoms with Gasteiger partial charge in [-0.1, -0.05) is 19.9 Å². The first-order chi connectivity index (χ1) is 12.4. The first kappa shape index (κ1) is 24.3. The summed E-state index contributed by atoms with van der Waals surface area (Å²) in [4.78, 5) is 28.1. The minimum Gasteiger partial charge on any atom is -0.323 e. The minimum atomic E-state index is -0.361. The van der Waals surface area contributed by atoms with E-state index in [1.165, 1.54) is 11.3 Å². The van der Waals surface area contributed by atoms with Crippen molar-refractivity contribution in [3.63, 3.8) is 0 Å². The third kappa shape index (κ3) is 5.88. The zero-order valence-corrected chi connectivity index (χ0v) is 18.0. The number of rotatable bonds is 5. The molecule has 0 saturated heterocycles. The molecular weight excluding hydrogens is 426 g/mol. The Morgan fingerprint density at radius 3 is 2.75 bits per heavy atom. The molecule has 0 spiro atoms. The SMILES string of the molecule is CC(C)C(=O)Nc1nc(CC(=O)Nc2ccc3c(c2F)CCNC3)cs1.Cl.Cl. The molecule has 2 aromatic rings. The lowest BCUT2D eigenvalue weighted by atomic mass is 9.99. The maximum atomic E-state index is 14.6. The van der Waals surface area contributed by atoms with E-state index in [0.717, 1.165) is 12.1 Å². The van der Waals surface area contributed by atoms with Crippen LogP contribution in [0.25, 0.3) is 0 Å². The third-order valence-corrected chi connectivity index (χ3v) is 4.94. The number of aromatic nitrogens is 1. The van der Waals surface area contributed by atoms with E-state index in [1.54, 1.807) is 25.3 Å². The predicted octanol–water partition coefficient (Wildman–Crippen LogP) is 3.55. The van der Waals surface area contributed by atoms with Gasteiger partial charge >= 0.3 is 0 Å². The number of carbonyl (C=O) groups excluding carboxylic acids is 2. The Hall–Kier alpha value is -1.74. The van der Waals surface area contributed by atoms with Crippen LogP contribution in [0.1, 0.15) is 30.7 Å². The van der Waals surface area contributed by atoms with Crippen LogP contribution < -0.4 is 16.0 Å². The second-order valence-electron chi connectivity index (χ2n) is 6.50. The molecule has 0 saturated carbocycles. The van der Waals surface area contributed by atoms with Gasteiger partial charge in [-0.05, 0) is 30.2 Å². The van der Waals surface area contributed by atoms with E-state index in [9.17, 15) is 14.0 Å². The van der Waals surface area contributed by atoms with E-state index >= 15 is 0 Å². The van der Waals surface area contributed by atoms with Gasteiger partial charge in [-0.15, -0.1) is 36.2 Å². The monoisotopic (exact) mass is 448 g/mol. The summed E-state index contributed by atoms with van der Waals surface area (Å²) in [5, 5.41) is 10.7. The summed E-state index contributed by atoms with van der Waals surface area (Å²) < 4.78 is 14.6.